The van der Waals surface area contributed by atoms with E-state index in [9.17, 15) is 9.59 Å². The monoisotopic (exact) mass is 397 g/mol. The van der Waals surface area contributed by atoms with Crippen LogP contribution in [0.2, 0.25) is 0 Å². The Balaban J connectivity index is 0.00000210. The minimum Gasteiger partial charge on any atom is -0.369 e. The summed E-state index contributed by atoms with van der Waals surface area (Å²) in [6.45, 7) is 4.91. The molecule has 0 spiro atoms. The van der Waals surface area contributed by atoms with E-state index >= 15 is 4.39 Å². The summed E-state index contributed by atoms with van der Waals surface area (Å²) in [5.41, 5.74) is 5.95. The number of rotatable bonds is 3. The summed E-state index contributed by atoms with van der Waals surface area (Å²) in [7, 11) is 0. The molecule has 148 valence electrons. The second kappa shape index (κ2) is 6.83. The lowest BCUT2D eigenvalue weighted by Crippen LogP contribution is -2.44. The maximum atomic E-state index is 15.1. The summed E-state index contributed by atoms with van der Waals surface area (Å²) in [5, 5.41) is 0.184. The van der Waals surface area contributed by atoms with Gasteiger partial charge in [0.25, 0.3) is 5.56 Å². The Morgan fingerprint density at radius 3 is 2.48 bits per heavy atom. The van der Waals surface area contributed by atoms with Crippen LogP contribution in [0.25, 0.3) is 10.9 Å². The molecule has 2 heterocycles. The first-order chi connectivity index (χ1) is 12.3. The third-order valence-corrected chi connectivity index (χ3v) is 5.78. The number of fused-ring (bicyclic) bond motifs is 1. The van der Waals surface area contributed by atoms with E-state index in [2.05, 4.69) is 0 Å². The van der Waals surface area contributed by atoms with Gasteiger partial charge in [0.15, 0.2) is 0 Å². The topological polar surface area (TPSA) is 99.3 Å². The fourth-order valence-corrected chi connectivity index (χ4v) is 4.00. The highest BCUT2D eigenvalue weighted by Crippen LogP contribution is 2.38. The van der Waals surface area contributed by atoms with E-state index in [4.69, 9.17) is 11.6 Å². The Bertz CT molecular complexity index is 1010. The molecule has 4 rings (SSSR count). The van der Waals surface area contributed by atoms with Gasteiger partial charge in [-0.05, 0) is 45.1 Å². The van der Waals surface area contributed by atoms with Gasteiger partial charge in [-0.2, -0.15) is 4.68 Å². The van der Waals surface area contributed by atoms with Crippen molar-refractivity contribution in [3.8, 4) is 0 Å². The minimum atomic E-state index is -0.653. The molecular formula is C18H25ClFN5O2. The average molecular weight is 398 g/mol. The number of aryl methyl sites for hydroxylation is 1. The van der Waals surface area contributed by atoms with Crippen LogP contribution in [0, 0.1) is 18.7 Å². The minimum absolute atomic E-state index is 0. The molecule has 9 heteroatoms. The summed E-state index contributed by atoms with van der Waals surface area (Å²) in [5.74, 6) is 5.54. The van der Waals surface area contributed by atoms with Crippen LogP contribution in [0.5, 0.6) is 0 Å². The van der Waals surface area contributed by atoms with Gasteiger partial charge >= 0.3 is 5.69 Å². The molecule has 27 heavy (non-hydrogen) atoms. The van der Waals surface area contributed by atoms with Crippen LogP contribution in [0.4, 0.5) is 10.1 Å². The summed E-state index contributed by atoms with van der Waals surface area (Å²) in [6, 6.07) is 1.70. The van der Waals surface area contributed by atoms with Crippen molar-refractivity contribution in [3.63, 3.8) is 0 Å². The molecular weight excluding hydrogens is 373 g/mol. The SMILES string of the molecule is Cc1c(F)c(N2CC[C@@H](C(C)N)C2)cc2c1c(=O)n(N)c(=O)n2C1CC1.Cl. The summed E-state index contributed by atoms with van der Waals surface area (Å²) in [4.78, 5) is 27.0. The van der Waals surface area contributed by atoms with Crippen molar-refractivity contribution in [1.82, 2.24) is 9.24 Å². The quantitative estimate of drug-likeness (QED) is 0.759. The van der Waals surface area contributed by atoms with Crippen molar-refractivity contribution in [2.45, 2.75) is 45.2 Å². The molecule has 0 amide bonds. The van der Waals surface area contributed by atoms with Crippen molar-refractivity contribution in [3.05, 3.63) is 38.3 Å². The van der Waals surface area contributed by atoms with Crippen molar-refractivity contribution in [2.24, 2.45) is 11.7 Å². The smallest absolute Gasteiger partial charge is 0.350 e. The molecule has 1 saturated carbocycles. The number of hydrogen-bond donors (Lipinski definition) is 2. The van der Waals surface area contributed by atoms with Gasteiger partial charge in [0.2, 0.25) is 0 Å². The number of benzene rings is 1. The normalized spacial score (nSPS) is 20.7. The molecule has 1 unspecified atom stereocenters. The van der Waals surface area contributed by atoms with Crippen LogP contribution in [0.15, 0.2) is 15.7 Å². The first-order valence-corrected chi connectivity index (χ1v) is 9.07. The van der Waals surface area contributed by atoms with Crippen LogP contribution in [-0.4, -0.2) is 28.4 Å². The molecule has 0 radical (unpaired) electrons. The molecule has 2 aliphatic rings. The molecule has 1 aromatic carbocycles. The Kier molecular flexibility index (Phi) is 4.98. The van der Waals surface area contributed by atoms with Crippen molar-refractivity contribution < 1.29 is 4.39 Å². The standard InChI is InChI=1S/C18H24FN5O2.ClH/c1-9-15-13(23(12-3-4-12)18(26)24(21)17(15)25)7-14(16(9)19)22-6-5-11(8-22)10(2)20;/h7,10-12H,3-6,8,20-21H2,1-2H3;1H/t10?,11-;/m1./s1. The number of aromatic nitrogens is 2. The number of hydrogen-bond acceptors (Lipinski definition) is 5. The van der Waals surface area contributed by atoms with E-state index in [1.165, 1.54) is 0 Å². The van der Waals surface area contributed by atoms with E-state index in [1.807, 2.05) is 11.8 Å². The van der Waals surface area contributed by atoms with Crippen molar-refractivity contribution >= 4 is 29.0 Å². The summed E-state index contributed by atoms with van der Waals surface area (Å²) >= 11 is 0. The molecule has 2 aromatic rings. The van der Waals surface area contributed by atoms with E-state index in [-0.39, 0.29) is 35.4 Å². The average Bonchev–Trinajstić information content (AvgIpc) is 3.30. The summed E-state index contributed by atoms with van der Waals surface area (Å²) < 4.78 is 17.3. The molecule has 1 aliphatic carbocycles. The predicted octanol–water partition coefficient (Wildman–Crippen LogP) is 1.25. The lowest BCUT2D eigenvalue weighted by molar-refractivity contribution is 0.487. The van der Waals surface area contributed by atoms with Gasteiger partial charge in [0.1, 0.15) is 5.82 Å². The molecule has 2 fully saturated rings. The first kappa shape index (κ1) is 19.7. The number of nitrogens with zero attached hydrogens (tertiary/aromatic N) is 3. The molecule has 7 nitrogen and oxygen atoms in total. The van der Waals surface area contributed by atoms with Gasteiger partial charge in [0.05, 0.1) is 16.6 Å². The van der Waals surface area contributed by atoms with Crippen molar-refractivity contribution in [1.29, 1.82) is 0 Å². The van der Waals surface area contributed by atoms with Crippen LogP contribution in [-0.2, 0) is 0 Å². The van der Waals surface area contributed by atoms with E-state index in [0.29, 0.717) is 34.9 Å². The van der Waals surface area contributed by atoms with E-state index < -0.39 is 17.1 Å². The van der Waals surface area contributed by atoms with E-state index in [1.54, 1.807) is 17.6 Å². The van der Waals surface area contributed by atoms with E-state index in [0.717, 1.165) is 19.3 Å². The fourth-order valence-electron chi connectivity index (χ4n) is 4.00. The van der Waals surface area contributed by atoms with Crippen LogP contribution in [0.3, 0.4) is 0 Å². The molecule has 2 atom stereocenters. The highest BCUT2D eigenvalue weighted by Gasteiger charge is 2.32. The predicted molar refractivity (Wildman–Crippen MR) is 107 cm³/mol. The lowest BCUT2D eigenvalue weighted by Gasteiger charge is -2.23. The summed E-state index contributed by atoms with van der Waals surface area (Å²) in [6.07, 6.45) is 2.61. The first-order valence-electron chi connectivity index (χ1n) is 9.07. The maximum absolute atomic E-state index is 15.1. The highest BCUT2D eigenvalue weighted by molar-refractivity contribution is 5.86. The molecule has 4 N–H and O–H groups in total. The zero-order valence-corrected chi connectivity index (χ0v) is 16.3. The second-order valence-corrected chi connectivity index (χ2v) is 7.64. The Labute approximate surface area is 162 Å². The van der Waals surface area contributed by atoms with Gasteiger partial charge in [-0.1, -0.05) is 0 Å². The fraction of sp³-hybridized carbons (Fsp3) is 0.556. The third kappa shape index (κ3) is 3.00. The van der Waals surface area contributed by atoms with Gasteiger partial charge < -0.3 is 16.5 Å². The van der Waals surface area contributed by atoms with Crippen LogP contribution >= 0.6 is 12.4 Å². The number of nitrogens with two attached hydrogens (primary N) is 2. The lowest BCUT2D eigenvalue weighted by atomic mass is 10.0. The number of anilines is 1. The van der Waals surface area contributed by atoms with Crippen LogP contribution < -0.4 is 27.7 Å². The third-order valence-electron chi connectivity index (χ3n) is 5.78. The molecule has 1 saturated heterocycles. The Morgan fingerprint density at radius 2 is 1.93 bits per heavy atom. The van der Waals surface area contributed by atoms with Crippen molar-refractivity contribution in [2.75, 3.05) is 23.8 Å². The highest BCUT2D eigenvalue weighted by atomic mass is 35.5. The molecule has 0 bridgehead atoms. The van der Waals surface area contributed by atoms with Gasteiger partial charge in [-0.25, -0.2) is 9.18 Å². The largest absolute Gasteiger partial charge is 0.369 e. The van der Waals surface area contributed by atoms with Gasteiger partial charge in [0, 0.05) is 30.7 Å². The molecule has 1 aliphatic heterocycles. The Morgan fingerprint density at radius 1 is 1.26 bits per heavy atom. The van der Waals surface area contributed by atoms with Crippen LogP contribution in [0.1, 0.15) is 37.8 Å². The number of halogens is 2. The Hall–Kier alpha value is -2.06. The zero-order valence-electron chi connectivity index (χ0n) is 15.4. The number of nitrogen functional groups attached to an aromatic ring is 1. The van der Waals surface area contributed by atoms with Gasteiger partial charge in [-0.3, -0.25) is 9.36 Å². The maximum Gasteiger partial charge on any atom is 0.350 e. The van der Waals surface area contributed by atoms with Gasteiger partial charge in [-0.15, -0.1) is 12.4 Å². The molecule has 1 aromatic heterocycles. The zero-order chi connectivity index (χ0) is 18.7. The second-order valence-electron chi connectivity index (χ2n) is 7.64.